The Labute approximate surface area is 157 Å². The lowest BCUT2D eigenvalue weighted by Crippen LogP contribution is -2.30. The van der Waals surface area contributed by atoms with Crippen molar-refractivity contribution in [2.75, 3.05) is 0 Å². The van der Waals surface area contributed by atoms with Crippen LogP contribution in [0.2, 0.25) is 0 Å². The number of carbonyl (C=O) groups excluding carboxylic acids is 2. The Hall–Kier alpha value is -3.15. The van der Waals surface area contributed by atoms with E-state index in [1.165, 1.54) is 6.07 Å². The van der Waals surface area contributed by atoms with Crippen LogP contribution in [0.5, 0.6) is 5.75 Å². The summed E-state index contributed by atoms with van der Waals surface area (Å²) in [5.74, 6) is -0.190. The highest BCUT2D eigenvalue weighted by Gasteiger charge is 2.33. The largest absolute Gasteiger partial charge is 0.491 e. The number of benzene rings is 2. The van der Waals surface area contributed by atoms with Crippen LogP contribution in [0.25, 0.3) is 6.08 Å². The summed E-state index contributed by atoms with van der Waals surface area (Å²) in [5, 5.41) is 2.54. The fraction of sp³-hybridized carbons (Fsp3) is 0.238. The normalized spacial score (nSPS) is 16.6. The zero-order valence-electron chi connectivity index (χ0n) is 15.2. The van der Waals surface area contributed by atoms with Gasteiger partial charge in [-0.15, -0.1) is 0 Å². The van der Waals surface area contributed by atoms with Crippen LogP contribution in [0.1, 0.15) is 31.4 Å². The average molecular weight is 368 g/mol. The Balaban J connectivity index is 1.73. The fourth-order valence-electron chi connectivity index (χ4n) is 2.64. The number of nitrogens with zero attached hydrogens (tertiary/aromatic N) is 1. The smallest absolute Gasteiger partial charge is 0.329 e. The number of amides is 3. The first-order valence-corrected chi connectivity index (χ1v) is 8.82. The lowest BCUT2D eigenvalue weighted by Gasteiger charge is -2.12. The molecule has 5 nitrogen and oxygen atoms in total. The molecule has 1 fully saturated rings. The monoisotopic (exact) mass is 368 g/mol. The number of nitrogens with one attached hydrogen (secondary N) is 1. The number of rotatable bonds is 6. The van der Waals surface area contributed by atoms with Gasteiger partial charge in [0, 0.05) is 5.56 Å². The third-order valence-electron chi connectivity index (χ3n) is 4.35. The average Bonchev–Trinajstić information content (AvgIpc) is 2.92. The molecule has 1 heterocycles. The summed E-state index contributed by atoms with van der Waals surface area (Å²) >= 11 is 0. The van der Waals surface area contributed by atoms with Crippen molar-refractivity contribution in [3.63, 3.8) is 0 Å². The minimum Gasteiger partial charge on any atom is -0.491 e. The zero-order valence-corrected chi connectivity index (χ0v) is 15.2. The Bertz CT molecular complexity index is 877. The summed E-state index contributed by atoms with van der Waals surface area (Å²) in [5.41, 5.74) is 1.20. The van der Waals surface area contributed by atoms with Gasteiger partial charge in [-0.25, -0.2) is 9.18 Å². The molecule has 1 atom stereocenters. The molecule has 1 unspecified atom stereocenters. The van der Waals surface area contributed by atoms with Crippen molar-refractivity contribution in [3.8, 4) is 5.75 Å². The molecule has 1 N–H and O–H groups in total. The van der Waals surface area contributed by atoms with Crippen molar-refractivity contribution in [1.82, 2.24) is 10.2 Å². The highest BCUT2D eigenvalue weighted by atomic mass is 19.1. The highest BCUT2D eigenvalue weighted by Crippen LogP contribution is 2.20. The molecule has 3 amide bonds. The van der Waals surface area contributed by atoms with E-state index in [1.54, 1.807) is 24.3 Å². The van der Waals surface area contributed by atoms with E-state index >= 15 is 0 Å². The van der Waals surface area contributed by atoms with E-state index in [4.69, 9.17) is 4.74 Å². The Kier molecular flexibility index (Phi) is 5.54. The van der Waals surface area contributed by atoms with Crippen molar-refractivity contribution in [2.24, 2.45) is 0 Å². The van der Waals surface area contributed by atoms with E-state index in [2.05, 4.69) is 5.32 Å². The molecule has 2 aromatic rings. The fourth-order valence-corrected chi connectivity index (χ4v) is 2.64. The quantitative estimate of drug-likeness (QED) is 0.617. The number of ether oxygens (including phenoxy) is 1. The van der Waals surface area contributed by atoms with Gasteiger partial charge in [0.05, 0.1) is 12.6 Å². The second kappa shape index (κ2) is 8.03. The van der Waals surface area contributed by atoms with Crippen LogP contribution in [-0.2, 0) is 11.3 Å². The van der Waals surface area contributed by atoms with Crippen molar-refractivity contribution in [2.45, 2.75) is 32.9 Å². The molecule has 0 aromatic heterocycles. The van der Waals surface area contributed by atoms with E-state index in [-0.39, 0.29) is 23.9 Å². The summed E-state index contributed by atoms with van der Waals surface area (Å²) < 4.78 is 19.5. The second-order valence-corrected chi connectivity index (χ2v) is 6.38. The number of urea groups is 1. The topological polar surface area (TPSA) is 58.6 Å². The first kappa shape index (κ1) is 18.6. The maximum Gasteiger partial charge on any atom is 0.329 e. The molecule has 6 heteroatoms. The van der Waals surface area contributed by atoms with Gasteiger partial charge in [0.15, 0.2) is 0 Å². The number of carbonyl (C=O) groups is 2. The predicted molar refractivity (Wildman–Crippen MR) is 100 cm³/mol. The molecule has 0 saturated carbocycles. The molecular formula is C21H21FN2O3. The number of halogens is 1. The highest BCUT2D eigenvalue weighted by molar-refractivity contribution is 6.13. The molecule has 0 aliphatic carbocycles. The van der Waals surface area contributed by atoms with Crippen LogP contribution in [0.4, 0.5) is 9.18 Å². The molecule has 0 radical (unpaired) electrons. The molecule has 140 valence electrons. The number of hydrogen-bond donors (Lipinski definition) is 1. The van der Waals surface area contributed by atoms with Gasteiger partial charge in [-0.2, -0.15) is 0 Å². The third-order valence-corrected chi connectivity index (χ3v) is 4.35. The van der Waals surface area contributed by atoms with E-state index < -0.39 is 17.8 Å². The molecule has 1 aliphatic heterocycles. The van der Waals surface area contributed by atoms with Crippen molar-refractivity contribution >= 4 is 18.0 Å². The molecule has 2 aromatic carbocycles. The van der Waals surface area contributed by atoms with E-state index in [0.29, 0.717) is 0 Å². The molecule has 1 aliphatic rings. The van der Waals surface area contributed by atoms with Gasteiger partial charge >= 0.3 is 6.03 Å². The zero-order chi connectivity index (χ0) is 19.4. The van der Waals surface area contributed by atoms with Crippen LogP contribution in [0.15, 0.2) is 54.2 Å². The van der Waals surface area contributed by atoms with Gasteiger partial charge in [-0.3, -0.25) is 9.69 Å². The van der Waals surface area contributed by atoms with E-state index in [9.17, 15) is 14.0 Å². The van der Waals surface area contributed by atoms with Gasteiger partial charge in [0.1, 0.15) is 17.3 Å². The maximum atomic E-state index is 13.8. The molecule has 27 heavy (non-hydrogen) atoms. The summed E-state index contributed by atoms with van der Waals surface area (Å²) in [6.45, 7) is 3.92. The predicted octanol–water partition coefficient (Wildman–Crippen LogP) is 4.10. The van der Waals surface area contributed by atoms with Crippen LogP contribution in [-0.4, -0.2) is 22.9 Å². The number of hydrogen-bond acceptors (Lipinski definition) is 3. The standard InChI is InChI=1S/C21H21FN2O3/c1-3-14(2)27-17-10-8-15(9-11-17)12-19-20(25)24(21(26)23-19)13-16-6-4-5-7-18(16)22/h4-12,14H,3,13H2,1-2H3,(H,23,26). The van der Waals surface area contributed by atoms with Gasteiger partial charge in [-0.1, -0.05) is 37.3 Å². The van der Waals surface area contributed by atoms with Gasteiger partial charge < -0.3 is 10.1 Å². The summed E-state index contributed by atoms with van der Waals surface area (Å²) in [6.07, 6.45) is 2.62. The summed E-state index contributed by atoms with van der Waals surface area (Å²) in [4.78, 5) is 25.6. The van der Waals surface area contributed by atoms with E-state index in [0.717, 1.165) is 22.6 Å². The first-order chi connectivity index (χ1) is 13.0. The van der Waals surface area contributed by atoms with Crippen molar-refractivity contribution < 1.29 is 18.7 Å². The minimum absolute atomic E-state index is 0.115. The lowest BCUT2D eigenvalue weighted by molar-refractivity contribution is -0.123. The van der Waals surface area contributed by atoms with Crippen LogP contribution in [0, 0.1) is 5.82 Å². The van der Waals surface area contributed by atoms with Crippen molar-refractivity contribution in [1.29, 1.82) is 0 Å². The van der Waals surface area contributed by atoms with Crippen LogP contribution in [0.3, 0.4) is 0 Å². The van der Waals surface area contributed by atoms with Gasteiger partial charge in [-0.05, 0) is 43.2 Å². The second-order valence-electron chi connectivity index (χ2n) is 6.38. The Morgan fingerprint density at radius 1 is 1.15 bits per heavy atom. The Morgan fingerprint density at radius 3 is 2.52 bits per heavy atom. The van der Waals surface area contributed by atoms with Crippen LogP contribution >= 0.6 is 0 Å². The van der Waals surface area contributed by atoms with E-state index in [1.807, 2.05) is 38.1 Å². The lowest BCUT2D eigenvalue weighted by atomic mass is 10.1. The van der Waals surface area contributed by atoms with Gasteiger partial charge in [0.25, 0.3) is 5.91 Å². The van der Waals surface area contributed by atoms with Gasteiger partial charge in [0.2, 0.25) is 0 Å². The Morgan fingerprint density at radius 2 is 1.85 bits per heavy atom. The minimum atomic E-state index is -0.564. The third kappa shape index (κ3) is 4.34. The van der Waals surface area contributed by atoms with Crippen molar-refractivity contribution in [3.05, 3.63) is 71.2 Å². The molecule has 0 bridgehead atoms. The van der Waals surface area contributed by atoms with Crippen LogP contribution < -0.4 is 10.1 Å². The maximum absolute atomic E-state index is 13.8. The molecule has 0 spiro atoms. The number of imide groups is 1. The summed E-state index contributed by atoms with van der Waals surface area (Å²) in [7, 11) is 0. The first-order valence-electron chi connectivity index (χ1n) is 8.82. The summed E-state index contributed by atoms with van der Waals surface area (Å²) in [6, 6.07) is 12.8. The molecule has 3 rings (SSSR count). The molecular weight excluding hydrogens is 347 g/mol. The SMILES string of the molecule is CCC(C)Oc1ccc(C=C2NC(=O)N(Cc3ccccc3F)C2=O)cc1. The molecule has 1 saturated heterocycles.